The standard InChI is InChI=1S/C22H33N5O2/c1-22(2,3)25-19(28)13-26(4)20-16-8-7-9-18(16)27(5)21(24-20)17-12-15(14-29-6)10-11-23-17/h10-12,18H,7-9,13-14H2,1-6H3,(H,25,28). The summed E-state index contributed by atoms with van der Waals surface area (Å²) in [6.07, 6.45) is 5.04. The van der Waals surface area contributed by atoms with Crippen LogP contribution in [0.2, 0.25) is 0 Å². The maximum Gasteiger partial charge on any atom is 0.239 e. The zero-order chi connectivity index (χ0) is 21.2. The first kappa shape index (κ1) is 21.3. The molecule has 1 saturated carbocycles. The van der Waals surface area contributed by atoms with Crippen LogP contribution in [0.25, 0.3) is 0 Å². The van der Waals surface area contributed by atoms with Gasteiger partial charge in [-0.1, -0.05) is 0 Å². The Kier molecular flexibility index (Phi) is 6.27. The monoisotopic (exact) mass is 399 g/mol. The summed E-state index contributed by atoms with van der Waals surface area (Å²) < 4.78 is 5.27. The van der Waals surface area contributed by atoms with Crippen molar-refractivity contribution in [1.29, 1.82) is 0 Å². The minimum Gasteiger partial charge on any atom is -0.380 e. The number of nitrogens with zero attached hydrogens (tertiary/aromatic N) is 4. The minimum absolute atomic E-state index is 0.00135. The van der Waals surface area contributed by atoms with Gasteiger partial charge in [0, 0.05) is 32.9 Å². The molecule has 1 atom stereocenters. The molecule has 1 aliphatic heterocycles. The Balaban J connectivity index is 1.91. The smallest absolute Gasteiger partial charge is 0.239 e. The highest BCUT2D eigenvalue weighted by Gasteiger charge is 2.35. The van der Waals surface area contributed by atoms with Crippen LogP contribution in [0, 0.1) is 0 Å². The lowest BCUT2D eigenvalue weighted by molar-refractivity contribution is -0.123. The lowest BCUT2D eigenvalue weighted by Crippen LogP contribution is -2.46. The number of likely N-dealkylation sites (N-methyl/N-ethyl adjacent to an activating group) is 2. The van der Waals surface area contributed by atoms with Crippen LogP contribution in [0.5, 0.6) is 0 Å². The van der Waals surface area contributed by atoms with Crippen LogP contribution >= 0.6 is 0 Å². The largest absolute Gasteiger partial charge is 0.380 e. The molecule has 0 bridgehead atoms. The third kappa shape index (κ3) is 4.96. The van der Waals surface area contributed by atoms with Gasteiger partial charge in [-0.05, 0) is 63.3 Å². The fourth-order valence-corrected chi connectivity index (χ4v) is 4.08. The first-order chi connectivity index (χ1) is 13.7. The number of fused-ring (bicyclic) bond motifs is 1. The second-order valence-electron chi connectivity index (χ2n) is 8.94. The van der Waals surface area contributed by atoms with Gasteiger partial charge in [0.1, 0.15) is 11.5 Å². The number of aliphatic imine (C=N–C) groups is 1. The van der Waals surface area contributed by atoms with Crippen molar-refractivity contribution in [2.45, 2.75) is 58.2 Å². The third-order valence-electron chi connectivity index (χ3n) is 5.25. The Labute approximate surface area is 173 Å². The maximum atomic E-state index is 12.5. The van der Waals surface area contributed by atoms with Gasteiger partial charge >= 0.3 is 0 Å². The fourth-order valence-electron chi connectivity index (χ4n) is 4.08. The Hall–Kier alpha value is -2.41. The molecule has 1 unspecified atom stereocenters. The van der Waals surface area contributed by atoms with E-state index in [0.717, 1.165) is 42.2 Å². The summed E-state index contributed by atoms with van der Waals surface area (Å²) in [4.78, 5) is 26.2. The van der Waals surface area contributed by atoms with Gasteiger partial charge in [0.15, 0.2) is 5.84 Å². The maximum absolute atomic E-state index is 12.5. The molecule has 1 aliphatic carbocycles. The van der Waals surface area contributed by atoms with Crippen LogP contribution in [0.15, 0.2) is 34.7 Å². The van der Waals surface area contributed by atoms with Gasteiger partial charge in [0.2, 0.25) is 5.91 Å². The van der Waals surface area contributed by atoms with Crippen molar-refractivity contribution in [1.82, 2.24) is 20.1 Å². The highest BCUT2D eigenvalue weighted by Crippen LogP contribution is 2.36. The third-order valence-corrected chi connectivity index (χ3v) is 5.25. The molecular weight excluding hydrogens is 366 g/mol. The number of carbonyl (C=O) groups excluding carboxylic acids is 1. The summed E-state index contributed by atoms with van der Waals surface area (Å²) in [6, 6.07) is 4.29. The highest BCUT2D eigenvalue weighted by molar-refractivity contribution is 5.99. The van der Waals surface area contributed by atoms with Crippen molar-refractivity contribution in [2.24, 2.45) is 4.99 Å². The van der Waals surface area contributed by atoms with E-state index in [1.54, 1.807) is 13.3 Å². The SMILES string of the molecule is COCc1ccnc(C2=NC(N(C)CC(=O)NC(C)(C)C)=C3CCCC3N2C)c1. The Morgan fingerprint density at radius 2 is 2.17 bits per heavy atom. The summed E-state index contributed by atoms with van der Waals surface area (Å²) in [5.74, 6) is 1.75. The number of amides is 1. The van der Waals surface area contributed by atoms with Crippen molar-refractivity contribution in [3.05, 3.63) is 41.0 Å². The second kappa shape index (κ2) is 8.53. The summed E-state index contributed by atoms with van der Waals surface area (Å²) in [5, 5.41) is 3.03. The van der Waals surface area contributed by atoms with E-state index in [-0.39, 0.29) is 18.0 Å². The van der Waals surface area contributed by atoms with Gasteiger partial charge in [-0.25, -0.2) is 4.99 Å². The number of amidine groups is 1. The summed E-state index contributed by atoms with van der Waals surface area (Å²) in [5.41, 5.74) is 2.96. The van der Waals surface area contributed by atoms with Gasteiger partial charge in [0.25, 0.3) is 0 Å². The van der Waals surface area contributed by atoms with E-state index in [1.165, 1.54) is 5.57 Å². The van der Waals surface area contributed by atoms with E-state index in [0.29, 0.717) is 12.6 Å². The van der Waals surface area contributed by atoms with E-state index < -0.39 is 0 Å². The molecule has 1 N–H and O–H groups in total. The molecule has 0 spiro atoms. The average molecular weight is 400 g/mol. The number of methoxy groups -OCH3 is 1. The van der Waals surface area contributed by atoms with E-state index in [1.807, 2.05) is 44.9 Å². The van der Waals surface area contributed by atoms with Gasteiger partial charge in [-0.15, -0.1) is 0 Å². The normalized spacial score (nSPS) is 19.2. The zero-order valence-electron chi connectivity index (χ0n) is 18.5. The molecule has 1 aromatic rings. The topological polar surface area (TPSA) is 70.1 Å². The first-order valence-electron chi connectivity index (χ1n) is 10.2. The summed E-state index contributed by atoms with van der Waals surface area (Å²) in [7, 11) is 5.72. The van der Waals surface area contributed by atoms with Crippen LogP contribution in [0.1, 0.15) is 51.3 Å². The molecule has 2 heterocycles. The molecule has 7 heteroatoms. The molecule has 0 aromatic carbocycles. The summed E-state index contributed by atoms with van der Waals surface area (Å²) in [6.45, 7) is 6.79. The number of rotatable bonds is 6. The van der Waals surface area contributed by atoms with Crippen molar-refractivity contribution in [3.8, 4) is 0 Å². The molecular formula is C22H33N5O2. The molecule has 0 radical (unpaired) electrons. The molecule has 158 valence electrons. The fraction of sp³-hybridized carbons (Fsp3) is 0.591. The Bertz CT molecular complexity index is 825. The van der Waals surface area contributed by atoms with Gasteiger partial charge in [0.05, 0.1) is 19.2 Å². The van der Waals surface area contributed by atoms with Crippen LogP contribution in [0.4, 0.5) is 0 Å². The number of nitrogens with one attached hydrogen (secondary N) is 1. The van der Waals surface area contributed by atoms with Crippen LogP contribution < -0.4 is 5.32 Å². The van der Waals surface area contributed by atoms with Crippen molar-refractivity contribution >= 4 is 11.7 Å². The molecule has 2 aliphatic rings. The van der Waals surface area contributed by atoms with E-state index in [2.05, 4.69) is 22.2 Å². The molecule has 29 heavy (non-hydrogen) atoms. The number of hydrogen-bond acceptors (Lipinski definition) is 6. The number of carbonyl (C=O) groups is 1. The highest BCUT2D eigenvalue weighted by atomic mass is 16.5. The van der Waals surface area contributed by atoms with Crippen molar-refractivity contribution in [2.75, 3.05) is 27.7 Å². The minimum atomic E-state index is -0.251. The van der Waals surface area contributed by atoms with Gasteiger partial charge in [-0.3, -0.25) is 9.78 Å². The lowest BCUT2D eigenvalue weighted by atomic mass is 10.1. The van der Waals surface area contributed by atoms with Crippen LogP contribution in [0.3, 0.4) is 0 Å². The van der Waals surface area contributed by atoms with Crippen LogP contribution in [-0.2, 0) is 16.1 Å². The number of hydrogen-bond donors (Lipinski definition) is 1. The lowest BCUT2D eigenvalue weighted by Gasteiger charge is -2.36. The molecule has 3 rings (SSSR count). The van der Waals surface area contributed by atoms with Gasteiger partial charge in [-0.2, -0.15) is 0 Å². The number of aromatic nitrogens is 1. The van der Waals surface area contributed by atoms with Gasteiger partial charge < -0.3 is 19.9 Å². The molecule has 7 nitrogen and oxygen atoms in total. The number of pyridine rings is 1. The predicted octanol–water partition coefficient (Wildman–Crippen LogP) is 2.53. The second-order valence-corrected chi connectivity index (χ2v) is 8.94. The first-order valence-corrected chi connectivity index (χ1v) is 10.2. The molecule has 0 saturated heterocycles. The zero-order valence-corrected chi connectivity index (χ0v) is 18.5. The average Bonchev–Trinajstić information content (AvgIpc) is 3.11. The summed E-state index contributed by atoms with van der Waals surface area (Å²) >= 11 is 0. The van der Waals surface area contributed by atoms with E-state index >= 15 is 0 Å². The van der Waals surface area contributed by atoms with Crippen LogP contribution in [-0.4, -0.2) is 65.9 Å². The van der Waals surface area contributed by atoms with E-state index in [9.17, 15) is 4.79 Å². The molecule has 1 amide bonds. The van der Waals surface area contributed by atoms with Crippen molar-refractivity contribution < 1.29 is 9.53 Å². The van der Waals surface area contributed by atoms with Crippen molar-refractivity contribution in [3.63, 3.8) is 0 Å². The Morgan fingerprint density at radius 1 is 1.41 bits per heavy atom. The number of ether oxygens (including phenoxy) is 1. The van der Waals surface area contributed by atoms with E-state index in [4.69, 9.17) is 9.73 Å². The molecule has 1 fully saturated rings. The molecule has 1 aromatic heterocycles. The Morgan fingerprint density at radius 3 is 2.86 bits per heavy atom. The quantitative estimate of drug-likeness (QED) is 0.796. The predicted molar refractivity (Wildman–Crippen MR) is 114 cm³/mol.